The second-order valence-electron chi connectivity index (χ2n) is 5.77. The summed E-state index contributed by atoms with van der Waals surface area (Å²) >= 11 is 2.33. The van der Waals surface area contributed by atoms with E-state index in [9.17, 15) is 0 Å². The van der Waals surface area contributed by atoms with Crippen LogP contribution in [0.2, 0.25) is 0 Å². The van der Waals surface area contributed by atoms with Crippen molar-refractivity contribution < 1.29 is 0 Å². The van der Waals surface area contributed by atoms with Crippen LogP contribution in [0.1, 0.15) is 42.1 Å². The Hall–Kier alpha value is -1.17. The lowest BCUT2D eigenvalue weighted by Gasteiger charge is -2.16. The van der Waals surface area contributed by atoms with E-state index >= 15 is 0 Å². The van der Waals surface area contributed by atoms with Crippen LogP contribution >= 0.6 is 22.6 Å². The molecule has 112 valence electrons. The molecule has 0 unspecified atom stereocenters. The third-order valence-electron chi connectivity index (χ3n) is 3.56. The van der Waals surface area contributed by atoms with Crippen molar-refractivity contribution in [3.05, 3.63) is 38.1 Å². The highest BCUT2D eigenvalue weighted by atomic mass is 127. The van der Waals surface area contributed by atoms with Crippen LogP contribution in [-0.2, 0) is 0 Å². The molecule has 0 atom stereocenters. The number of rotatable bonds is 3. The van der Waals surface area contributed by atoms with Crippen LogP contribution in [0.4, 0.5) is 5.82 Å². The lowest BCUT2D eigenvalue weighted by molar-refractivity contribution is 0.809. The molecule has 0 aliphatic carbocycles. The molecule has 0 aliphatic heterocycles. The average Bonchev–Trinajstić information content (AvgIpc) is 2.38. The molecule has 0 amide bonds. The van der Waals surface area contributed by atoms with E-state index in [1.54, 1.807) is 0 Å². The highest BCUT2D eigenvalue weighted by Crippen LogP contribution is 2.31. The van der Waals surface area contributed by atoms with Gasteiger partial charge in [-0.25, -0.2) is 9.97 Å². The smallest absolute Gasteiger partial charge is 0.162 e. The Morgan fingerprint density at radius 3 is 2.10 bits per heavy atom. The van der Waals surface area contributed by atoms with Gasteiger partial charge in [-0.05, 0) is 60.4 Å². The van der Waals surface area contributed by atoms with E-state index in [0.717, 1.165) is 26.5 Å². The summed E-state index contributed by atoms with van der Waals surface area (Å²) in [6.45, 7) is 10.7. The first-order valence-electron chi connectivity index (χ1n) is 7.18. The zero-order chi connectivity index (χ0) is 15.7. The molecule has 2 rings (SSSR count). The van der Waals surface area contributed by atoms with Crippen molar-refractivity contribution in [2.75, 3.05) is 12.4 Å². The highest BCUT2D eigenvalue weighted by molar-refractivity contribution is 14.1. The number of aromatic nitrogens is 2. The third kappa shape index (κ3) is 3.20. The molecule has 1 N–H and O–H groups in total. The molecule has 4 heteroatoms. The minimum Gasteiger partial charge on any atom is -0.372 e. The number of aryl methyl sites for hydroxylation is 3. The van der Waals surface area contributed by atoms with Gasteiger partial charge in [-0.1, -0.05) is 31.5 Å². The van der Waals surface area contributed by atoms with Gasteiger partial charge >= 0.3 is 0 Å². The first-order valence-corrected chi connectivity index (χ1v) is 8.26. The molecule has 2 aromatic rings. The van der Waals surface area contributed by atoms with Crippen molar-refractivity contribution in [1.82, 2.24) is 9.97 Å². The molecule has 0 saturated heterocycles. The molecular formula is C17H22IN3. The molecule has 1 aromatic heterocycles. The molecule has 0 spiro atoms. The van der Waals surface area contributed by atoms with Gasteiger partial charge in [-0.15, -0.1) is 0 Å². The molecule has 1 heterocycles. The number of benzene rings is 1. The maximum absolute atomic E-state index is 4.84. The maximum Gasteiger partial charge on any atom is 0.162 e. The standard InChI is InChI=1S/C17H22IN3/c1-9(2)15-14(18)17(19-6)21-16(20-15)13-11(4)7-10(3)8-12(13)5/h7-9H,1-6H3,(H,19,20,21). The molecule has 0 radical (unpaired) electrons. The van der Waals surface area contributed by atoms with Gasteiger partial charge in [0.1, 0.15) is 5.82 Å². The molecule has 3 nitrogen and oxygen atoms in total. The predicted molar refractivity (Wildman–Crippen MR) is 98.0 cm³/mol. The summed E-state index contributed by atoms with van der Waals surface area (Å²) in [7, 11) is 1.91. The quantitative estimate of drug-likeness (QED) is 0.756. The Bertz CT molecular complexity index is 655. The molecule has 0 aliphatic rings. The Labute approximate surface area is 140 Å². The summed E-state index contributed by atoms with van der Waals surface area (Å²) < 4.78 is 1.11. The summed E-state index contributed by atoms with van der Waals surface area (Å²) in [5, 5.41) is 3.19. The van der Waals surface area contributed by atoms with Crippen LogP contribution in [0.5, 0.6) is 0 Å². The van der Waals surface area contributed by atoms with Gasteiger partial charge in [0.05, 0.1) is 9.26 Å². The molecule has 21 heavy (non-hydrogen) atoms. The molecular weight excluding hydrogens is 373 g/mol. The zero-order valence-electron chi connectivity index (χ0n) is 13.5. The van der Waals surface area contributed by atoms with Crippen LogP contribution in [0.15, 0.2) is 12.1 Å². The normalized spacial score (nSPS) is 11.0. The summed E-state index contributed by atoms with van der Waals surface area (Å²) in [5.41, 5.74) is 5.98. The molecule has 0 bridgehead atoms. The fourth-order valence-corrected chi connectivity index (χ4v) is 3.79. The number of hydrogen-bond donors (Lipinski definition) is 1. The van der Waals surface area contributed by atoms with Gasteiger partial charge in [0.15, 0.2) is 5.82 Å². The SMILES string of the molecule is CNc1nc(-c2c(C)cc(C)cc2C)nc(C(C)C)c1I. The lowest BCUT2D eigenvalue weighted by Crippen LogP contribution is -2.07. The van der Waals surface area contributed by atoms with Crippen molar-refractivity contribution in [1.29, 1.82) is 0 Å². The van der Waals surface area contributed by atoms with Crippen molar-refractivity contribution >= 4 is 28.4 Å². The molecule has 0 fully saturated rings. The van der Waals surface area contributed by atoms with Crippen molar-refractivity contribution in [2.24, 2.45) is 0 Å². The van der Waals surface area contributed by atoms with Gasteiger partial charge in [0.25, 0.3) is 0 Å². The van der Waals surface area contributed by atoms with E-state index in [4.69, 9.17) is 9.97 Å². The maximum atomic E-state index is 4.84. The lowest BCUT2D eigenvalue weighted by atomic mass is 9.99. The number of hydrogen-bond acceptors (Lipinski definition) is 3. The van der Waals surface area contributed by atoms with Crippen LogP contribution in [0.3, 0.4) is 0 Å². The Kier molecular flexibility index (Phi) is 4.86. The first kappa shape index (κ1) is 16.2. The fraction of sp³-hybridized carbons (Fsp3) is 0.412. The Balaban J connectivity index is 2.73. The highest BCUT2D eigenvalue weighted by Gasteiger charge is 2.17. The van der Waals surface area contributed by atoms with Gasteiger partial charge in [0, 0.05) is 12.6 Å². The van der Waals surface area contributed by atoms with E-state index in [2.05, 4.69) is 74.7 Å². The fourth-order valence-electron chi connectivity index (χ4n) is 2.66. The Morgan fingerprint density at radius 1 is 1.05 bits per heavy atom. The van der Waals surface area contributed by atoms with Gasteiger partial charge in [0.2, 0.25) is 0 Å². The first-order chi connectivity index (χ1) is 9.85. The van der Waals surface area contributed by atoms with Crippen molar-refractivity contribution in [3.8, 4) is 11.4 Å². The number of nitrogens with zero attached hydrogens (tertiary/aromatic N) is 2. The van der Waals surface area contributed by atoms with Crippen molar-refractivity contribution in [3.63, 3.8) is 0 Å². The van der Waals surface area contributed by atoms with Gasteiger partial charge in [-0.3, -0.25) is 0 Å². The largest absolute Gasteiger partial charge is 0.372 e. The minimum absolute atomic E-state index is 0.372. The number of nitrogens with one attached hydrogen (secondary N) is 1. The Morgan fingerprint density at radius 2 is 1.62 bits per heavy atom. The second-order valence-corrected chi connectivity index (χ2v) is 6.85. The third-order valence-corrected chi connectivity index (χ3v) is 4.62. The van der Waals surface area contributed by atoms with Crippen molar-refractivity contribution in [2.45, 2.75) is 40.5 Å². The van der Waals surface area contributed by atoms with Crippen LogP contribution in [0.25, 0.3) is 11.4 Å². The number of halogens is 1. The van der Waals surface area contributed by atoms with E-state index in [1.165, 1.54) is 16.7 Å². The van der Waals surface area contributed by atoms with Crippen LogP contribution < -0.4 is 5.32 Å². The van der Waals surface area contributed by atoms with E-state index in [0.29, 0.717) is 5.92 Å². The summed E-state index contributed by atoms with van der Waals surface area (Å²) in [6, 6.07) is 4.38. The summed E-state index contributed by atoms with van der Waals surface area (Å²) in [5.74, 6) is 2.10. The molecule has 0 saturated carbocycles. The van der Waals surface area contributed by atoms with E-state index in [1.807, 2.05) is 7.05 Å². The van der Waals surface area contributed by atoms with Gasteiger partial charge < -0.3 is 5.32 Å². The average molecular weight is 395 g/mol. The van der Waals surface area contributed by atoms with Crippen LogP contribution in [0, 0.1) is 24.3 Å². The summed E-state index contributed by atoms with van der Waals surface area (Å²) in [4.78, 5) is 9.57. The molecule has 1 aromatic carbocycles. The summed E-state index contributed by atoms with van der Waals surface area (Å²) in [6.07, 6.45) is 0. The second kappa shape index (κ2) is 6.30. The van der Waals surface area contributed by atoms with E-state index < -0.39 is 0 Å². The minimum atomic E-state index is 0.372. The monoisotopic (exact) mass is 395 g/mol. The van der Waals surface area contributed by atoms with Crippen LogP contribution in [-0.4, -0.2) is 17.0 Å². The van der Waals surface area contributed by atoms with Gasteiger partial charge in [-0.2, -0.15) is 0 Å². The zero-order valence-corrected chi connectivity index (χ0v) is 15.7. The van der Waals surface area contributed by atoms with E-state index in [-0.39, 0.29) is 0 Å². The predicted octanol–water partition coefficient (Wildman–Crippen LogP) is 4.84. The number of anilines is 1. The topological polar surface area (TPSA) is 37.8 Å².